The summed E-state index contributed by atoms with van der Waals surface area (Å²) in [6.07, 6.45) is 7.74. The molecule has 0 saturated carbocycles. The molecule has 6 heteroatoms. The van der Waals surface area contributed by atoms with Crippen molar-refractivity contribution in [1.29, 1.82) is 0 Å². The number of hydrogen-bond acceptors (Lipinski definition) is 4. The van der Waals surface area contributed by atoms with Crippen molar-refractivity contribution in [3.63, 3.8) is 0 Å². The molecule has 1 heterocycles. The largest absolute Gasteiger partial charge is 0.446 e. The van der Waals surface area contributed by atoms with Crippen molar-refractivity contribution in [1.82, 2.24) is 9.96 Å². The van der Waals surface area contributed by atoms with Gasteiger partial charge in [-0.25, -0.2) is 4.79 Å². The van der Waals surface area contributed by atoms with Crippen molar-refractivity contribution in [2.75, 3.05) is 18.9 Å². The number of carbonyl (C=O) groups is 1. The molecule has 1 fully saturated rings. The predicted octanol–water partition coefficient (Wildman–Crippen LogP) is 4.15. The lowest BCUT2D eigenvalue weighted by Crippen LogP contribution is -2.60. The highest BCUT2D eigenvalue weighted by molar-refractivity contribution is 5.85. The van der Waals surface area contributed by atoms with Crippen LogP contribution in [0.2, 0.25) is 0 Å². The van der Waals surface area contributed by atoms with Gasteiger partial charge < -0.3 is 4.74 Å². The van der Waals surface area contributed by atoms with Crippen LogP contribution in [0.4, 0.5) is 10.5 Å². The number of amides is 1. The highest BCUT2D eigenvalue weighted by Gasteiger charge is 2.47. The third kappa shape index (κ3) is 4.58. The van der Waals surface area contributed by atoms with Crippen LogP contribution in [-0.4, -0.2) is 46.8 Å². The third-order valence-electron chi connectivity index (χ3n) is 6.14. The number of nitrogens with zero attached hydrogens (tertiary/aromatic N) is 2. The molecule has 157 valence electrons. The van der Waals surface area contributed by atoms with E-state index < -0.39 is 17.2 Å². The average Bonchev–Trinajstić information content (AvgIpc) is 3.02. The smallest absolute Gasteiger partial charge is 0.411 e. The lowest BCUT2D eigenvalue weighted by atomic mass is 9.80. The van der Waals surface area contributed by atoms with E-state index in [-0.39, 0.29) is 12.1 Å². The van der Waals surface area contributed by atoms with Crippen molar-refractivity contribution in [2.45, 2.75) is 76.6 Å². The summed E-state index contributed by atoms with van der Waals surface area (Å²) in [5.74, 6) is 2.69. The van der Waals surface area contributed by atoms with E-state index in [1.54, 1.807) is 0 Å². The molecule has 1 aromatic carbocycles. The Kier molecular flexibility index (Phi) is 5.96. The number of aryl methyl sites for hydroxylation is 1. The van der Waals surface area contributed by atoms with Gasteiger partial charge in [-0.3, -0.25) is 10.2 Å². The Morgan fingerprint density at radius 3 is 2.59 bits per heavy atom. The molecule has 2 aliphatic rings. The fraction of sp³-hybridized carbons (Fsp3) is 0.609. The molecule has 3 rings (SSSR count). The van der Waals surface area contributed by atoms with Gasteiger partial charge in [0.25, 0.3) is 0 Å². The predicted molar refractivity (Wildman–Crippen MR) is 113 cm³/mol. The Labute approximate surface area is 174 Å². The number of fused-ring (bicyclic) bond motifs is 1. The molecule has 1 radical (unpaired) electrons. The van der Waals surface area contributed by atoms with E-state index in [1.165, 1.54) is 11.1 Å². The summed E-state index contributed by atoms with van der Waals surface area (Å²) in [6.45, 7) is 8.16. The molecule has 1 aromatic rings. The molecule has 29 heavy (non-hydrogen) atoms. The van der Waals surface area contributed by atoms with Crippen molar-refractivity contribution >= 4 is 11.8 Å². The van der Waals surface area contributed by atoms with Gasteiger partial charge in [-0.15, -0.1) is 16.7 Å². The van der Waals surface area contributed by atoms with Crippen molar-refractivity contribution < 1.29 is 14.7 Å². The van der Waals surface area contributed by atoms with Crippen LogP contribution >= 0.6 is 0 Å². The van der Waals surface area contributed by atoms with Crippen molar-refractivity contribution in [3.05, 3.63) is 29.3 Å². The number of ether oxygens (including phenoxy) is 1. The molecule has 1 aliphatic heterocycles. The summed E-state index contributed by atoms with van der Waals surface area (Å²) < 4.78 is 5.69. The second-order valence-electron chi connectivity index (χ2n) is 9.57. The van der Waals surface area contributed by atoms with Crippen LogP contribution in [0.25, 0.3) is 0 Å². The molecule has 6 nitrogen and oxygen atoms in total. The van der Waals surface area contributed by atoms with Gasteiger partial charge in [-0.2, -0.15) is 0 Å². The molecule has 1 amide bonds. The first-order valence-corrected chi connectivity index (χ1v) is 10.2. The van der Waals surface area contributed by atoms with Gasteiger partial charge >= 0.3 is 6.09 Å². The molecular weight excluding hydrogens is 366 g/mol. The van der Waals surface area contributed by atoms with Gasteiger partial charge in [0.1, 0.15) is 6.10 Å². The Bertz CT molecular complexity index is 794. The number of piperidine rings is 1. The van der Waals surface area contributed by atoms with E-state index >= 15 is 0 Å². The summed E-state index contributed by atoms with van der Waals surface area (Å²) in [6, 6.07) is 6.27. The molecular formula is C23H32N3O3. The number of hydrogen-bond donors (Lipinski definition) is 1. The van der Waals surface area contributed by atoms with Gasteiger partial charge in [-0.1, -0.05) is 12.0 Å². The van der Waals surface area contributed by atoms with E-state index in [4.69, 9.17) is 11.2 Å². The number of nitrogens with one attached hydrogen (secondary N) is 1. The Balaban J connectivity index is 1.66. The lowest BCUT2D eigenvalue weighted by molar-refractivity contribution is -0.297. The van der Waals surface area contributed by atoms with Gasteiger partial charge in [0.15, 0.2) is 0 Å². The molecule has 0 bridgehead atoms. The zero-order valence-corrected chi connectivity index (χ0v) is 18.1. The van der Waals surface area contributed by atoms with Crippen LogP contribution in [0.1, 0.15) is 64.1 Å². The molecule has 1 atom stereocenters. The van der Waals surface area contributed by atoms with Crippen LogP contribution in [0, 0.1) is 12.3 Å². The molecule has 1 N–H and O–H groups in total. The summed E-state index contributed by atoms with van der Waals surface area (Å²) >= 11 is 0. The standard InChI is InChI=1S/C23H32N3O3/c1-7-12-25(6)20-11-9-16-8-10-17(13-19(16)20)24-21(27)29-18-14-22(2,3)26(28)23(4,5)15-18/h1,8,10,13,18,20H,9,11-12,14-15H2,2-6H3,(H,24,27). The van der Waals surface area contributed by atoms with Gasteiger partial charge in [0.05, 0.1) is 6.54 Å². The summed E-state index contributed by atoms with van der Waals surface area (Å²) in [5.41, 5.74) is 2.07. The first-order chi connectivity index (χ1) is 13.5. The summed E-state index contributed by atoms with van der Waals surface area (Å²) in [5, 5.41) is 16.5. The number of rotatable bonds is 4. The third-order valence-corrected chi connectivity index (χ3v) is 6.14. The van der Waals surface area contributed by atoms with Crippen LogP contribution in [0.3, 0.4) is 0 Å². The highest BCUT2D eigenvalue weighted by atomic mass is 16.6. The molecule has 1 aliphatic carbocycles. The maximum absolute atomic E-state index is 12.5. The number of carbonyl (C=O) groups excluding carboxylic acids is 1. The quantitative estimate of drug-likeness (QED) is 0.774. The number of terminal acetylenes is 1. The Morgan fingerprint density at radius 2 is 1.97 bits per heavy atom. The second kappa shape index (κ2) is 7.98. The first-order valence-electron chi connectivity index (χ1n) is 10.2. The molecule has 0 spiro atoms. The maximum atomic E-state index is 12.5. The molecule has 0 aromatic heterocycles. The van der Waals surface area contributed by atoms with E-state index in [0.29, 0.717) is 19.4 Å². The van der Waals surface area contributed by atoms with E-state index in [2.05, 4.69) is 22.2 Å². The van der Waals surface area contributed by atoms with Crippen LogP contribution < -0.4 is 5.32 Å². The van der Waals surface area contributed by atoms with Crippen LogP contribution in [0.15, 0.2) is 18.2 Å². The van der Waals surface area contributed by atoms with Gasteiger partial charge in [-0.05, 0) is 70.8 Å². The zero-order chi connectivity index (χ0) is 21.4. The highest BCUT2D eigenvalue weighted by Crippen LogP contribution is 2.39. The number of hydroxylamine groups is 2. The minimum Gasteiger partial charge on any atom is -0.446 e. The van der Waals surface area contributed by atoms with E-state index in [0.717, 1.165) is 23.6 Å². The SMILES string of the molecule is C#CCN(C)C1CCc2ccc(NC(=O)OC3CC(C)(C)N([O])C(C)(C)C3)cc21. The van der Waals surface area contributed by atoms with Crippen LogP contribution in [0.5, 0.6) is 0 Å². The summed E-state index contributed by atoms with van der Waals surface area (Å²) in [7, 11) is 2.03. The van der Waals surface area contributed by atoms with Crippen molar-refractivity contribution in [3.8, 4) is 12.3 Å². The van der Waals surface area contributed by atoms with Crippen LogP contribution in [-0.2, 0) is 16.4 Å². The van der Waals surface area contributed by atoms with E-state index in [9.17, 15) is 10.0 Å². The van der Waals surface area contributed by atoms with Gasteiger partial charge in [0, 0.05) is 35.6 Å². The summed E-state index contributed by atoms with van der Waals surface area (Å²) in [4.78, 5) is 14.7. The first kappa shape index (κ1) is 21.6. The lowest BCUT2D eigenvalue weighted by Gasteiger charge is -2.49. The van der Waals surface area contributed by atoms with Crippen molar-refractivity contribution in [2.24, 2.45) is 0 Å². The minimum atomic E-state index is -0.574. The Hall–Kier alpha value is -2.07. The minimum absolute atomic E-state index is 0.266. The fourth-order valence-electron chi connectivity index (χ4n) is 4.92. The van der Waals surface area contributed by atoms with E-state index in [1.807, 2.05) is 46.9 Å². The number of benzene rings is 1. The van der Waals surface area contributed by atoms with Gasteiger partial charge in [0.2, 0.25) is 0 Å². The second-order valence-corrected chi connectivity index (χ2v) is 9.57. The number of anilines is 1. The average molecular weight is 399 g/mol. The Morgan fingerprint density at radius 1 is 1.31 bits per heavy atom. The normalized spacial score (nSPS) is 23.4. The maximum Gasteiger partial charge on any atom is 0.411 e. The topological polar surface area (TPSA) is 64.7 Å². The monoisotopic (exact) mass is 398 g/mol. The molecule has 1 saturated heterocycles. The zero-order valence-electron chi connectivity index (χ0n) is 18.1. The fourth-order valence-corrected chi connectivity index (χ4v) is 4.92. The molecule has 1 unspecified atom stereocenters.